The first kappa shape index (κ1) is 28.6. The van der Waals surface area contributed by atoms with Gasteiger partial charge in [0.25, 0.3) is 6.71 Å². The molecule has 0 bridgehead atoms. The van der Waals surface area contributed by atoms with E-state index in [0.29, 0.717) is 0 Å². The van der Waals surface area contributed by atoms with Gasteiger partial charge in [-0.3, -0.25) is 0 Å². The third kappa shape index (κ3) is 3.96. The average molecular weight is 654 g/mol. The number of hydrogen-bond donors (Lipinski definition) is 0. The van der Waals surface area contributed by atoms with E-state index >= 15 is 0 Å². The summed E-state index contributed by atoms with van der Waals surface area (Å²) in [6.45, 7) is 4.80. The zero-order chi connectivity index (χ0) is 33.8. The Labute approximate surface area is 297 Å². The third-order valence-corrected chi connectivity index (χ3v) is 11.3. The number of fused-ring (bicyclic) bond motifs is 10. The summed E-state index contributed by atoms with van der Waals surface area (Å²) in [4.78, 5) is 2.45. The molecule has 2 aliphatic heterocycles. The molecule has 8 aromatic carbocycles. The highest BCUT2D eigenvalue weighted by atomic mass is 16.5. The topological polar surface area (TPSA) is 21.7 Å². The van der Waals surface area contributed by atoms with E-state index in [-0.39, 0.29) is 12.1 Å². The normalized spacial score (nSPS) is 14.1. The van der Waals surface area contributed by atoms with E-state index in [2.05, 4.69) is 170 Å². The van der Waals surface area contributed by atoms with Crippen molar-refractivity contribution in [1.29, 1.82) is 0 Å². The standard InChI is InChI=1S/C47H32BNO2/c1-47(2)35-27-38-44(51-43-25-13-24-42-46(43)48(38)37-21-10-11-23-41(37)50-42)26-34(35)45-33-20-9-8-19-32(33)40(28-36(45)47)49(30-16-4-3-5-17-30)39-22-12-15-29-14-6-7-18-31(29)39/h3-28H,1-2H3. The number of benzene rings is 8. The van der Waals surface area contributed by atoms with Crippen molar-refractivity contribution in [3.63, 3.8) is 0 Å². The number of ether oxygens (including phenoxy) is 2. The van der Waals surface area contributed by atoms with Gasteiger partial charge in [0.05, 0.1) is 11.4 Å². The van der Waals surface area contributed by atoms with Crippen molar-refractivity contribution in [1.82, 2.24) is 0 Å². The fourth-order valence-electron chi connectivity index (χ4n) is 9.01. The summed E-state index contributed by atoms with van der Waals surface area (Å²) in [5, 5.41) is 4.89. The van der Waals surface area contributed by atoms with E-state index in [0.717, 1.165) is 39.8 Å². The van der Waals surface area contributed by atoms with E-state index < -0.39 is 0 Å². The Morgan fingerprint density at radius 1 is 0.490 bits per heavy atom. The van der Waals surface area contributed by atoms with E-state index in [1.807, 2.05) is 6.07 Å². The largest absolute Gasteiger partial charge is 0.458 e. The number of anilines is 3. The summed E-state index contributed by atoms with van der Waals surface area (Å²) in [6, 6.07) is 56.8. The van der Waals surface area contributed by atoms with Crippen LogP contribution in [0.3, 0.4) is 0 Å². The van der Waals surface area contributed by atoms with Gasteiger partial charge in [0.2, 0.25) is 0 Å². The highest BCUT2D eigenvalue weighted by Gasteiger charge is 2.44. The minimum Gasteiger partial charge on any atom is -0.458 e. The Kier molecular flexibility index (Phi) is 5.82. The van der Waals surface area contributed by atoms with Gasteiger partial charge in [-0.05, 0) is 92.5 Å². The van der Waals surface area contributed by atoms with Gasteiger partial charge in [-0.25, -0.2) is 0 Å². The molecular formula is C47H32BNO2. The van der Waals surface area contributed by atoms with E-state index in [4.69, 9.17) is 9.47 Å². The van der Waals surface area contributed by atoms with Crippen molar-refractivity contribution in [2.24, 2.45) is 0 Å². The molecule has 0 spiro atoms. The summed E-state index contributed by atoms with van der Waals surface area (Å²) < 4.78 is 13.2. The molecule has 240 valence electrons. The summed E-state index contributed by atoms with van der Waals surface area (Å²) in [6.07, 6.45) is 0. The van der Waals surface area contributed by atoms with Crippen LogP contribution in [0.4, 0.5) is 17.1 Å². The molecular weight excluding hydrogens is 621 g/mol. The summed E-state index contributed by atoms with van der Waals surface area (Å²) in [7, 11) is 0. The highest BCUT2D eigenvalue weighted by molar-refractivity contribution is 6.98. The first-order valence-electron chi connectivity index (χ1n) is 17.7. The molecule has 3 nitrogen and oxygen atoms in total. The van der Waals surface area contributed by atoms with Gasteiger partial charge in [-0.2, -0.15) is 0 Å². The number of hydrogen-bond acceptors (Lipinski definition) is 3. The Balaban J connectivity index is 1.17. The molecule has 3 aliphatic rings. The van der Waals surface area contributed by atoms with Crippen LogP contribution in [0, 0.1) is 0 Å². The average Bonchev–Trinajstić information content (AvgIpc) is 3.39. The first-order chi connectivity index (χ1) is 25.1. The summed E-state index contributed by atoms with van der Waals surface area (Å²) >= 11 is 0. The third-order valence-electron chi connectivity index (χ3n) is 11.3. The maximum absolute atomic E-state index is 6.79. The zero-order valence-electron chi connectivity index (χ0n) is 28.4. The molecule has 0 saturated heterocycles. The molecule has 0 atom stereocenters. The Bertz CT molecular complexity index is 2750. The monoisotopic (exact) mass is 653 g/mol. The summed E-state index contributed by atoms with van der Waals surface area (Å²) in [5.74, 6) is 3.56. The van der Waals surface area contributed by atoms with Crippen LogP contribution < -0.4 is 30.8 Å². The molecule has 0 amide bonds. The molecule has 0 unspecified atom stereocenters. The van der Waals surface area contributed by atoms with Crippen LogP contribution in [-0.2, 0) is 5.41 Å². The summed E-state index contributed by atoms with van der Waals surface area (Å²) in [5.41, 5.74) is 11.8. The number of para-hydroxylation sites is 2. The molecule has 0 N–H and O–H groups in total. The molecule has 4 heteroatoms. The van der Waals surface area contributed by atoms with Crippen molar-refractivity contribution in [3.8, 4) is 34.1 Å². The predicted octanol–water partition coefficient (Wildman–Crippen LogP) is 10.5. The van der Waals surface area contributed by atoms with Gasteiger partial charge in [0.15, 0.2) is 0 Å². The lowest BCUT2D eigenvalue weighted by molar-refractivity contribution is 0.464. The molecule has 8 aromatic rings. The van der Waals surface area contributed by atoms with Gasteiger partial charge in [-0.15, -0.1) is 0 Å². The van der Waals surface area contributed by atoms with Gasteiger partial charge < -0.3 is 14.4 Å². The maximum atomic E-state index is 6.79. The predicted molar refractivity (Wildman–Crippen MR) is 211 cm³/mol. The van der Waals surface area contributed by atoms with Crippen LogP contribution in [0.2, 0.25) is 0 Å². The fraction of sp³-hybridized carbons (Fsp3) is 0.0638. The van der Waals surface area contributed by atoms with Gasteiger partial charge in [0.1, 0.15) is 23.0 Å². The van der Waals surface area contributed by atoms with Crippen LogP contribution in [0.1, 0.15) is 25.0 Å². The Morgan fingerprint density at radius 3 is 1.98 bits per heavy atom. The van der Waals surface area contributed by atoms with Crippen LogP contribution in [0.5, 0.6) is 23.0 Å². The van der Waals surface area contributed by atoms with Crippen LogP contribution in [0.25, 0.3) is 32.7 Å². The second-order valence-electron chi connectivity index (χ2n) is 14.4. The minimum atomic E-state index is -0.274. The van der Waals surface area contributed by atoms with Gasteiger partial charge in [0, 0.05) is 27.3 Å². The SMILES string of the molecule is CC1(C)c2cc3c(cc2-c2c1cc(N(c1ccccc1)c1cccc4ccccc14)c1ccccc21)Oc1cccc2c1B3c1ccccc1O2. The number of nitrogens with zero attached hydrogens (tertiary/aromatic N) is 1. The smallest absolute Gasteiger partial charge is 0.260 e. The zero-order valence-corrected chi connectivity index (χ0v) is 28.4. The molecule has 0 aromatic heterocycles. The molecule has 11 rings (SSSR count). The molecule has 1 aliphatic carbocycles. The van der Waals surface area contributed by atoms with Gasteiger partial charge >= 0.3 is 0 Å². The molecule has 0 fully saturated rings. The second kappa shape index (κ2) is 10.4. The van der Waals surface area contributed by atoms with Crippen molar-refractivity contribution >= 4 is 61.7 Å². The Morgan fingerprint density at radius 2 is 1.14 bits per heavy atom. The van der Waals surface area contributed by atoms with Crippen molar-refractivity contribution in [2.45, 2.75) is 19.3 Å². The molecule has 2 heterocycles. The highest BCUT2D eigenvalue weighted by Crippen LogP contribution is 2.55. The lowest BCUT2D eigenvalue weighted by Gasteiger charge is -2.33. The van der Waals surface area contributed by atoms with E-state index in [1.165, 1.54) is 60.4 Å². The van der Waals surface area contributed by atoms with E-state index in [9.17, 15) is 0 Å². The van der Waals surface area contributed by atoms with Crippen LogP contribution >= 0.6 is 0 Å². The first-order valence-corrected chi connectivity index (χ1v) is 17.7. The van der Waals surface area contributed by atoms with Crippen LogP contribution in [0.15, 0.2) is 158 Å². The fourth-order valence-corrected chi connectivity index (χ4v) is 9.01. The quantitative estimate of drug-likeness (QED) is 0.177. The van der Waals surface area contributed by atoms with Crippen molar-refractivity contribution in [2.75, 3.05) is 4.90 Å². The Hall–Kier alpha value is -6.26. The second-order valence-corrected chi connectivity index (χ2v) is 14.4. The van der Waals surface area contributed by atoms with E-state index in [1.54, 1.807) is 0 Å². The minimum absolute atomic E-state index is 0.0296. The number of rotatable bonds is 3. The lowest BCUT2D eigenvalue weighted by atomic mass is 9.34. The van der Waals surface area contributed by atoms with Crippen LogP contribution in [-0.4, -0.2) is 6.71 Å². The maximum Gasteiger partial charge on any atom is 0.260 e. The molecule has 0 saturated carbocycles. The lowest BCUT2D eigenvalue weighted by Crippen LogP contribution is -2.57. The van der Waals surface area contributed by atoms with Crippen molar-refractivity contribution in [3.05, 3.63) is 169 Å². The van der Waals surface area contributed by atoms with Crippen molar-refractivity contribution < 1.29 is 9.47 Å². The molecule has 0 radical (unpaired) electrons. The van der Waals surface area contributed by atoms with Gasteiger partial charge in [-0.1, -0.05) is 123 Å². The molecule has 51 heavy (non-hydrogen) atoms.